The molecule has 4 heterocycles. The standard InChI is InChI=1S/C21H20N6O5/c1-2-9-31-13-26-12-16(20(25-26)15-5-3-4-8-22-15)24-21(28)18-7-6-17(32-18)14-10-19(23-11-14)27(29)30/h3-8,10-12,23H,2,9,13H2,1H3,(H,24,28). The van der Waals surface area contributed by atoms with E-state index in [4.69, 9.17) is 9.15 Å². The van der Waals surface area contributed by atoms with Crippen LogP contribution in [0.3, 0.4) is 0 Å². The summed E-state index contributed by atoms with van der Waals surface area (Å²) in [5, 5.41) is 18.1. The first-order valence-electron chi connectivity index (χ1n) is 9.86. The van der Waals surface area contributed by atoms with Gasteiger partial charge in [-0.15, -0.1) is 0 Å². The molecule has 0 saturated heterocycles. The number of aromatic nitrogens is 4. The number of hydrogen-bond acceptors (Lipinski definition) is 7. The largest absolute Gasteiger partial charge is 0.451 e. The molecule has 0 unspecified atom stereocenters. The van der Waals surface area contributed by atoms with Crippen molar-refractivity contribution < 1.29 is 18.9 Å². The topological polar surface area (TPSA) is 141 Å². The zero-order chi connectivity index (χ0) is 22.5. The molecule has 0 saturated carbocycles. The average molecular weight is 436 g/mol. The predicted octanol–water partition coefficient (Wildman–Crippen LogP) is 4.08. The van der Waals surface area contributed by atoms with E-state index in [9.17, 15) is 14.9 Å². The number of aromatic amines is 1. The van der Waals surface area contributed by atoms with E-state index in [0.717, 1.165) is 6.42 Å². The van der Waals surface area contributed by atoms with Gasteiger partial charge in [-0.25, -0.2) is 9.67 Å². The Morgan fingerprint density at radius 1 is 1.34 bits per heavy atom. The highest BCUT2D eigenvalue weighted by Crippen LogP contribution is 2.28. The molecule has 4 aromatic rings. The normalized spacial score (nSPS) is 10.9. The van der Waals surface area contributed by atoms with E-state index < -0.39 is 10.8 Å². The molecule has 164 valence electrons. The molecular weight excluding hydrogens is 416 g/mol. The quantitative estimate of drug-likeness (QED) is 0.229. The molecule has 0 fully saturated rings. The number of carbonyl (C=O) groups is 1. The average Bonchev–Trinajstić information content (AvgIpc) is 3.54. The summed E-state index contributed by atoms with van der Waals surface area (Å²) in [7, 11) is 0. The van der Waals surface area contributed by atoms with Crippen molar-refractivity contribution in [1.82, 2.24) is 19.7 Å². The third kappa shape index (κ3) is 4.57. The Bertz CT molecular complexity index is 1230. The third-order valence-electron chi connectivity index (χ3n) is 4.47. The van der Waals surface area contributed by atoms with Crippen molar-refractivity contribution in [3.63, 3.8) is 0 Å². The second-order valence-corrected chi connectivity index (χ2v) is 6.83. The lowest BCUT2D eigenvalue weighted by Crippen LogP contribution is -2.11. The van der Waals surface area contributed by atoms with Gasteiger partial charge in [-0.3, -0.25) is 9.78 Å². The van der Waals surface area contributed by atoms with Crippen LogP contribution in [0.1, 0.15) is 23.9 Å². The van der Waals surface area contributed by atoms with Crippen molar-refractivity contribution in [1.29, 1.82) is 0 Å². The summed E-state index contributed by atoms with van der Waals surface area (Å²) in [5.74, 6) is -0.286. The molecule has 32 heavy (non-hydrogen) atoms. The number of carbonyl (C=O) groups excluding carboxylic acids is 1. The van der Waals surface area contributed by atoms with Gasteiger partial charge < -0.3 is 24.6 Å². The van der Waals surface area contributed by atoms with Crippen LogP contribution in [0.5, 0.6) is 0 Å². The van der Waals surface area contributed by atoms with Gasteiger partial charge in [0.2, 0.25) is 0 Å². The SMILES string of the molecule is CCCOCn1cc(NC(=O)c2ccc(-c3c[nH]c([N+](=O)[O-])c3)o2)c(-c2ccccn2)n1. The Kier molecular flexibility index (Phi) is 6.08. The number of ether oxygens (including phenoxy) is 1. The zero-order valence-electron chi connectivity index (χ0n) is 17.1. The number of furan rings is 1. The first-order chi connectivity index (χ1) is 15.5. The molecule has 0 aliphatic heterocycles. The molecule has 4 rings (SSSR count). The molecule has 0 radical (unpaired) electrons. The summed E-state index contributed by atoms with van der Waals surface area (Å²) in [5.41, 5.74) is 2.00. The van der Waals surface area contributed by atoms with E-state index in [1.54, 1.807) is 35.3 Å². The molecule has 2 N–H and O–H groups in total. The van der Waals surface area contributed by atoms with Gasteiger partial charge in [-0.05, 0) is 35.6 Å². The van der Waals surface area contributed by atoms with Gasteiger partial charge in [-0.2, -0.15) is 5.10 Å². The number of pyridine rings is 1. The molecule has 0 aromatic carbocycles. The first kappa shape index (κ1) is 21.0. The molecule has 0 atom stereocenters. The van der Waals surface area contributed by atoms with Gasteiger partial charge in [0.05, 0.1) is 29.3 Å². The van der Waals surface area contributed by atoms with Gasteiger partial charge in [0, 0.05) is 18.9 Å². The van der Waals surface area contributed by atoms with E-state index in [0.29, 0.717) is 35.0 Å². The number of anilines is 1. The molecule has 11 heteroatoms. The van der Waals surface area contributed by atoms with Crippen LogP contribution >= 0.6 is 0 Å². The third-order valence-corrected chi connectivity index (χ3v) is 4.47. The molecule has 0 spiro atoms. The Balaban J connectivity index is 1.55. The summed E-state index contributed by atoms with van der Waals surface area (Å²) in [4.78, 5) is 30.0. The van der Waals surface area contributed by atoms with Crippen LogP contribution in [0.4, 0.5) is 11.5 Å². The maximum atomic E-state index is 12.8. The van der Waals surface area contributed by atoms with E-state index in [-0.39, 0.29) is 18.3 Å². The minimum absolute atomic E-state index is 0.0470. The number of rotatable bonds is 9. The van der Waals surface area contributed by atoms with Crippen molar-refractivity contribution in [2.75, 3.05) is 11.9 Å². The van der Waals surface area contributed by atoms with Crippen LogP contribution in [-0.4, -0.2) is 37.2 Å². The van der Waals surface area contributed by atoms with Crippen molar-refractivity contribution in [3.8, 4) is 22.7 Å². The Labute approximate surface area is 182 Å². The van der Waals surface area contributed by atoms with Gasteiger partial charge >= 0.3 is 5.82 Å². The fourth-order valence-electron chi connectivity index (χ4n) is 3.00. The summed E-state index contributed by atoms with van der Waals surface area (Å²) in [6.07, 6.45) is 5.63. The van der Waals surface area contributed by atoms with Crippen LogP contribution in [0.25, 0.3) is 22.7 Å². The van der Waals surface area contributed by atoms with Crippen LogP contribution in [-0.2, 0) is 11.5 Å². The smallest absolute Gasteiger partial charge is 0.321 e. The monoisotopic (exact) mass is 436 g/mol. The van der Waals surface area contributed by atoms with Crippen LogP contribution in [0.15, 0.2) is 59.4 Å². The van der Waals surface area contributed by atoms with Crippen LogP contribution in [0, 0.1) is 10.1 Å². The first-order valence-corrected chi connectivity index (χ1v) is 9.86. The minimum atomic E-state index is -0.541. The number of nitrogens with zero attached hydrogens (tertiary/aromatic N) is 4. The van der Waals surface area contributed by atoms with Gasteiger partial charge in [0.15, 0.2) is 5.76 Å². The molecule has 4 aromatic heterocycles. The summed E-state index contributed by atoms with van der Waals surface area (Å²) < 4.78 is 12.7. The zero-order valence-corrected chi connectivity index (χ0v) is 17.1. The van der Waals surface area contributed by atoms with Crippen molar-refractivity contribution >= 4 is 17.4 Å². The highest BCUT2D eigenvalue weighted by molar-refractivity contribution is 6.04. The van der Waals surface area contributed by atoms with Crippen molar-refractivity contribution in [3.05, 3.63) is 70.9 Å². The Hall–Kier alpha value is -4.25. The van der Waals surface area contributed by atoms with E-state index in [1.165, 1.54) is 18.3 Å². The lowest BCUT2D eigenvalue weighted by atomic mass is 10.2. The molecule has 0 bridgehead atoms. The van der Waals surface area contributed by atoms with Crippen LogP contribution < -0.4 is 5.32 Å². The number of hydrogen-bond donors (Lipinski definition) is 2. The van der Waals surface area contributed by atoms with E-state index in [2.05, 4.69) is 20.4 Å². The molecule has 0 aliphatic rings. The minimum Gasteiger partial charge on any atom is -0.451 e. The lowest BCUT2D eigenvalue weighted by molar-refractivity contribution is -0.389. The van der Waals surface area contributed by atoms with E-state index >= 15 is 0 Å². The lowest BCUT2D eigenvalue weighted by Gasteiger charge is -2.03. The van der Waals surface area contributed by atoms with Crippen molar-refractivity contribution in [2.24, 2.45) is 0 Å². The second kappa shape index (κ2) is 9.27. The van der Waals surface area contributed by atoms with E-state index in [1.807, 2.05) is 13.0 Å². The maximum Gasteiger partial charge on any atom is 0.321 e. The Morgan fingerprint density at radius 2 is 2.22 bits per heavy atom. The molecule has 0 aliphatic carbocycles. The summed E-state index contributed by atoms with van der Waals surface area (Å²) in [6, 6.07) is 9.81. The molecule has 1 amide bonds. The number of amides is 1. The highest BCUT2D eigenvalue weighted by Gasteiger charge is 2.19. The molecule has 11 nitrogen and oxygen atoms in total. The number of H-pyrrole nitrogens is 1. The highest BCUT2D eigenvalue weighted by atomic mass is 16.6. The Morgan fingerprint density at radius 3 is 2.94 bits per heavy atom. The number of nitro groups is 1. The van der Waals surface area contributed by atoms with Crippen LogP contribution in [0.2, 0.25) is 0 Å². The van der Waals surface area contributed by atoms with Gasteiger partial charge in [-0.1, -0.05) is 13.0 Å². The van der Waals surface area contributed by atoms with Gasteiger partial charge in [0.1, 0.15) is 18.2 Å². The summed E-state index contributed by atoms with van der Waals surface area (Å²) >= 11 is 0. The number of nitrogens with one attached hydrogen (secondary N) is 2. The molecular formula is C21H20N6O5. The predicted molar refractivity (Wildman–Crippen MR) is 115 cm³/mol. The fraction of sp³-hybridized carbons (Fsp3) is 0.190. The maximum absolute atomic E-state index is 12.8. The second-order valence-electron chi connectivity index (χ2n) is 6.83. The summed E-state index contributed by atoms with van der Waals surface area (Å²) in [6.45, 7) is 2.84. The van der Waals surface area contributed by atoms with Crippen molar-refractivity contribution in [2.45, 2.75) is 20.1 Å². The van der Waals surface area contributed by atoms with Gasteiger partial charge in [0.25, 0.3) is 5.91 Å². The fourth-order valence-corrected chi connectivity index (χ4v) is 3.00.